The van der Waals surface area contributed by atoms with Gasteiger partial charge in [0.1, 0.15) is 11.5 Å². The predicted octanol–water partition coefficient (Wildman–Crippen LogP) is 5.66. The van der Waals surface area contributed by atoms with Crippen molar-refractivity contribution in [1.29, 1.82) is 0 Å². The molecule has 0 amide bonds. The van der Waals surface area contributed by atoms with E-state index in [1.165, 1.54) is 0 Å². The van der Waals surface area contributed by atoms with Crippen molar-refractivity contribution in [3.63, 3.8) is 0 Å². The molecule has 0 radical (unpaired) electrons. The first-order valence-corrected chi connectivity index (χ1v) is 9.08. The van der Waals surface area contributed by atoms with Crippen molar-refractivity contribution in [3.05, 3.63) is 57.1 Å². The first kappa shape index (κ1) is 19.5. The van der Waals surface area contributed by atoms with Crippen LogP contribution in [-0.2, 0) is 10.2 Å². The lowest BCUT2D eigenvalue weighted by Crippen LogP contribution is -2.21. The fourth-order valence-corrected chi connectivity index (χ4v) is 3.41. The van der Waals surface area contributed by atoms with Crippen molar-refractivity contribution in [1.82, 2.24) is 0 Å². The summed E-state index contributed by atoms with van der Waals surface area (Å²) in [4.78, 5) is 12.3. The molecule has 0 aliphatic heterocycles. The highest BCUT2D eigenvalue weighted by Crippen LogP contribution is 2.32. The summed E-state index contributed by atoms with van der Waals surface area (Å²) in [5, 5.41) is 0. The van der Waals surface area contributed by atoms with Gasteiger partial charge in [0.05, 0.1) is 0 Å². The largest absolute Gasteiger partial charge is 0.481 e. The molecule has 2 rings (SSSR count). The van der Waals surface area contributed by atoms with Crippen molar-refractivity contribution >= 4 is 21.9 Å². The molecule has 0 aliphatic rings. The smallest absolute Gasteiger partial charge is 0.349 e. The first-order chi connectivity index (χ1) is 11.6. The van der Waals surface area contributed by atoms with E-state index in [0.29, 0.717) is 5.75 Å². The zero-order valence-corrected chi connectivity index (χ0v) is 17.3. The maximum Gasteiger partial charge on any atom is 0.349 e. The summed E-state index contributed by atoms with van der Waals surface area (Å²) in [6.07, 6.45) is 0. The summed E-state index contributed by atoms with van der Waals surface area (Å²) in [5.41, 5.74) is 4.00. The van der Waals surface area contributed by atoms with Gasteiger partial charge in [0.2, 0.25) is 0 Å². The van der Waals surface area contributed by atoms with Crippen LogP contribution in [0.1, 0.15) is 43.0 Å². The average Bonchev–Trinajstić information content (AvgIpc) is 2.47. The Morgan fingerprint density at radius 3 is 2.20 bits per heavy atom. The molecule has 3 nitrogen and oxygen atoms in total. The molecule has 0 spiro atoms. The lowest BCUT2D eigenvalue weighted by molar-refractivity contribution is -0.136. The van der Waals surface area contributed by atoms with Gasteiger partial charge in [-0.05, 0) is 55.5 Å². The molecular formula is C21H25BrO3. The number of carbonyl (C=O) groups excluding carboxylic acids is 1. The molecule has 25 heavy (non-hydrogen) atoms. The Labute approximate surface area is 158 Å². The molecule has 0 N–H and O–H groups in total. The van der Waals surface area contributed by atoms with Crippen LogP contribution in [0.4, 0.5) is 0 Å². The number of rotatable bonds is 4. The number of carbonyl (C=O) groups is 1. The Kier molecular flexibility index (Phi) is 5.94. The van der Waals surface area contributed by atoms with Crippen LogP contribution in [0.2, 0.25) is 0 Å². The van der Waals surface area contributed by atoms with E-state index in [2.05, 4.69) is 42.8 Å². The molecule has 0 saturated heterocycles. The molecule has 0 heterocycles. The topological polar surface area (TPSA) is 35.5 Å². The fraction of sp³-hybridized carbons (Fsp3) is 0.381. The highest BCUT2D eigenvalue weighted by Gasteiger charge is 2.21. The van der Waals surface area contributed by atoms with Gasteiger partial charge in [0.25, 0.3) is 0 Å². The summed E-state index contributed by atoms with van der Waals surface area (Å²) in [7, 11) is 0. The number of ether oxygens (including phenoxy) is 2. The third kappa shape index (κ3) is 5.08. The summed E-state index contributed by atoms with van der Waals surface area (Å²) in [6.45, 7) is 12.1. The van der Waals surface area contributed by atoms with E-state index in [1.807, 2.05) is 45.0 Å². The minimum atomic E-state index is -0.406. The molecule has 0 aliphatic carbocycles. The van der Waals surface area contributed by atoms with Crippen LogP contribution >= 0.6 is 15.9 Å². The molecule has 4 heteroatoms. The highest BCUT2D eigenvalue weighted by molar-refractivity contribution is 9.10. The number of esters is 1. The number of benzene rings is 2. The number of hydrogen-bond donors (Lipinski definition) is 0. The molecule has 0 aromatic heterocycles. The van der Waals surface area contributed by atoms with Crippen molar-refractivity contribution < 1.29 is 14.3 Å². The SMILES string of the molecule is Cc1ccc(OC(=O)COc2c(C)cc(Br)cc2C)c(C(C)(C)C)c1. The van der Waals surface area contributed by atoms with E-state index in [1.54, 1.807) is 0 Å². The normalized spacial score (nSPS) is 11.3. The van der Waals surface area contributed by atoms with Gasteiger partial charge in [-0.1, -0.05) is 54.4 Å². The molecule has 0 fully saturated rings. The van der Waals surface area contributed by atoms with Gasteiger partial charge in [-0.2, -0.15) is 0 Å². The zero-order valence-electron chi connectivity index (χ0n) is 15.7. The van der Waals surface area contributed by atoms with Gasteiger partial charge in [-0.3, -0.25) is 0 Å². The third-order valence-electron chi connectivity index (χ3n) is 3.93. The number of halogens is 1. The number of aryl methyl sites for hydroxylation is 3. The Bertz CT molecular complexity index is 765. The first-order valence-electron chi connectivity index (χ1n) is 8.29. The van der Waals surface area contributed by atoms with E-state index >= 15 is 0 Å². The predicted molar refractivity (Wildman–Crippen MR) is 105 cm³/mol. The van der Waals surface area contributed by atoms with Gasteiger partial charge in [-0.15, -0.1) is 0 Å². The molecule has 0 unspecified atom stereocenters. The summed E-state index contributed by atoms with van der Waals surface area (Å²) < 4.78 is 12.3. The summed E-state index contributed by atoms with van der Waals surface area (Å²) in [6, 6.07) is 9.79. The van der Waals surface area contributed by atoms with E-state index in [-0.39, 0.29) is 12.0 Å². The molecule has 0 atom stereocenters. The van der Waals surface area contributed by atoms with Crippen molar-refractivity contribution in [3.8, 4) is 11.5 Å². The van der Waals surface area contributed by atoms with Gasteiger partial charge >= 0.3 is 5.97 Å². The van der Waals surface area contributed by atoms with Crippen molar-refractivity contribution in [2.24, 2.45) is 0 Å². The summed E-state index contributed by atoms with van der Waals surface area (Å²) >= 11 is 3.46. The molecule has 2 aromatic carbocycles. The van der Waals surface area contributed by atoms with Gasteiger partial charge in [-0.25, -0.2) is 4.79 Å². The second kappa shape index (κ2) is 7.61. The quantitative estimate of drug-likeness (QED) is 0.487. The van der Waals surface area contributed by atoms with Gasteiger partial charge < -0.3 is 9.47 Å². The van der Waals surface area contributed by atoms with Crippen molar-refractivity contribution in [2.75, 3.05) is 6.61 Å². The van der Waals surface area contributed by atoms with E-state index < -0.39 is 5.97 Å². The second-order valence-corrected chi connectivity index (χ2v) is 8.30. The minimum Gasteiger partial charge on any atom is -0.481 e. The van der Waals surface area contributed by atoms with Gasteiger partial charge in [0.15, 0.2) is 6.61 Å². The standard InChI is InChI=1S/C21H25BrO3/c1-13-7-8-18(17(9-13)21(4,5)6)25-19(23)12-24-20-14(2)10-16(22)11-15(20)3/h7-11H,12H2,1-6H3. The monoisotopic (exact) mass is 404 g/mol. The molecular weight excluding hydrogens is 380 g/mol. The molecule has 0 bridgehead atoms. The third-order valence-corrected chi connectivity index (χ3v) is 4.38. The highest BCUT2D eigenvalue weighted by atomic mass is 79.9. The maximum absolute atomic E-state index is 12.3. The lowest BCUT2D eigenvalue weighted by Gasteiger charge is -2.23. The molecule has 134 valence electrons. The molecule has 0 saturated carbocycles. The van der Waals surface area contributed by atoms with Gasteiger partial charge in [0, 0.05) is 10.0 Å². The fourth-order valence-electron chi connectivity index (χ4n) is 2.73. The van der Waals surface area contributed by atoms with E-state index in [4.69, 9.17) is 9.47 Å². The Morgan fingerprint density at radius 2 is 1.64 bits per heavy atom. The Morgan fingerprint density at radius 1 is 1.04 bits per heavy atom. The van der Waals surface area contributed by atoms with Crippen LogP contribution in [0.15, 0.2) is 34.8 Å². The van der Waals surface area contributed by atoms with Crippen LogP contribution in [0.5, 0.6) is 11.5 Å². The number of hydrogen-bond acceptors (Lipinski definition) is 3. The van der Waals surface area contributed by atoms with Crippen LogP contribution in [0.3, 0.4) is 0 Å². The van der Waals surface area contributed by atoms with Crippen LogP contribution < -0.4 is 9.47 Å². The van der Waals surface area contributed by atoms with Crippen LogP contribution in [0.25, 0.3) is 0 Å². The minimum absolute atomic E-state index is 0.110. The lowest BCUT2D eigenvalue weighted by atomic mass is 9.85. The van der Waals surface area contributed by atoms with Crippen LogP contribution in [0, 0.1) is 20.8 Å². The Hall–Kier alpha value is -1.81. The van der Waals surface area contributed by atoms with E-state index in [0.717, 1.165) is 32.5 Å². The average molecular weight is 405 g/mol. The Balaban J connectivity index is 2.12. The van der Waals surface area contributed by atoms with Crippen molar-refractivity contribution in [2.45, 2.75) is 47.0 Å². The molecule has 2 aromatic rings. The van der Waals surface area contributed by atoms with E-state index in [9.17, 15) is 4.79 Å². The second-order valence-electron chi connectivity index (χ2n) is 7.38. The summed E-state index contributed by atoms with van der Waals surface area (Å²) in [5.74, 6) is 0.909. The van der Waals surface area contributed by atoms with Crippen LogP contribution in [-0.4, -0.2) is 12.6 Å². The zero-order chi connectivity index (χ0) is 18.8. The maximum atomic E-state index is 12.3.